The molecule has 5 nitrogen and oxygen atoms in total. The molecule has 0 radical (unpaired) electrons. The number of anilines is 1. The first kappa shape index (κ1) is 19.6. The number of alkyl halides is 3. The maximum atomic E-state index is 11.5. The summed E-state index contributed by atoms with van der Waals surface area (Å²) in [5.74, 6) is 0. The Hall–Kier alpha value is -0.470. The van der Waals surface area contributed by atoms with Crippen LogP contribution in [0.4, 0.5) is 10.5 Å². The first-order valence-electron chi connectivity index (χ1n) is 6.05. The first-order chi connectivity index (χ1) is 10.2. The second-order valence-electron chi connectivity index (χ2n) is 3.94. The highest BCUT2D eigenvalue weighted by molar-refractivity contribution is 9.10. The van der Waals surface area contributed by atoms with E-state index in [1.807, 2.05) is 12.1 Å². The fraction of sp³-hybridized carbons (Fsp3) is 0.333. The lowest BCUT2D eigenvalue weighted by Crippen LogP contribution is -2.56. The van der Waals surface area contributed by atoms with Crippen molar-refractivity contribution in [2.75, 3.05) is 11.9 Å². The van der Waals surface area contributed by atoms with Gasteiger partial charge in [-0.3, -0.25) is 5.32 Å². The molecule has 0 fully saturated rings. The average molecular weight is 450 g/mol. The molecule has 1 amide bonds. The van der Waals surface area contributed by atoms with Gasteiger partial charge in [-0.25, -0.2) is 4.79 Å². The molecule has 0 saturated carbocycles. The third-order valence-electron chi connectivity index (χ3n) is 2.24. The van der Waals surface area contributed by atoms with Gasteiger partial charge in [0.1, 0.15) is 0 Å². The number of benzene rings is 1. The van der Waals surface area contributed by atoms with Crippen LogP contribution in [-0.4, -0.2) is 27.8 Å². The second kappa shape index (κ2) is 8.98. The molecule has 3 N–H and O–H groups in total. The zero-order chi connectivity index (χ0) is 16.8. The van der Waals surface area contributed by atoms with E-state index in [9.17, 15) is 4.79 Å². The van der Waals surface area contributed by atoms with Crippen molar-refractivity contribution >= 4 is 79.8 Å². The highest BCUT2D eigenvalue weighted by atomic mass is 79.9. The Morgan fingerprint density at radius 2 is 1.91 bits per heavy atom. The van der Waals surface area contributed by atoms with Crippen LogP contribution in [0.5, 0.6) is 0 Å². The quantitative estimate of drug-likeness (QED) is 0.366. The Bertz CT molecular complexity index is 525. The topological polar surface area (TPSA) is 62.4 Å². The van der Waals surface area contributed by atoms with Gasteiger partial charge in [-0.2, -0.15) is 0 Å². The number of alkyl carbamates (subject to hydrolysis) is 1. The summed E-state index contributed by atoms with van der Waals surface area (Å²) in [5.41, 5.74) is 0.736. The van der Waals surface area contributed by atoms with Gasteiger partial charge in [-0.15, -0.1) is 0 Å². The molecule has 0 bridgehead atoms. The largest absolute Gasteiger partial charge is 0.450 e. The van der Waals surface area contributed by atoms with E-state index in [0.717, 1.165) is 10.2 Å². The van der Waals surface area contributed by atoms with Crippen LogP contribution >= 0.6 is 63.0 Å². The van der Waals surface area contributed by atoms with Crippen molar-refractivity contribution in [3.8, 4) is 0 Å². The Morgan fingerprint density at radius 3 is 2.41 bits per heavy atom. The molecule has 0 aliphatic rings. The van der Waals surface area contributed by atoms with Crippen LogP contribution in [-0.2, 0) is 4.74 Å². The highest BCUT2D eigenvalue weighted by Crippen LogP contribution is 2.29. The van der Waals surface area contributed by atoms with Gasteiger partial charge >= 0.3 is 6.09 Å². The Balaban J connectivity index is 2.66. The van der Waals surface area contributed by atoms with Crippen molar-refractivity contribution in [1.29, 1.82) is 0 Å². The van der Waals surface area contributed by atoms with Crippen molar-refractivity contribution in [2.45, 2.75) is 16.9 Å². The van der Waals surface area contributed by atoms with E-state index in [4.69, 9.17) is 51.8 Å². The fourth-order valence-electron chi connectivity index (χ4n) is 1.32. The van der Waals surface area contributed by atoms with Gasteiger partial charge in [-0.1, -0.05) is 50.7 Å². The minimum atomic E-state index is -1.82. The van der Waals surface area contributed by atoms with Gasteiger partial charge in [0.2, 0.25) is 3.79 Å². The van der Waals surface area contributed by atoms with Crippen LogP contribution in [0.1, 0.15) is 6.92 Å². The number of ether oxygens (including phenoxy) is 1. The minimum absolute atomic E-state index is 0.176. The molecule has 1 aromatic carbocycles. The van der Waals surface area contributed by atoms with Crippen LogP contribution < -0.4 is 16.0 Å². The molecule has 0 aromatic heterocycles. The van der Waals surface area contributed by atoms with E-state index in [0.29, 0.717) is 0 Å². The molecular formula is C12H13BrCl3N3O2S. The van der Waals surface area contributed by atoms with E-state index < -0.39 is 16.1 Å². The number of thiocarbonyl (C=S) groups is 1. The van der Waals surface area contributed by atoms with Crippen molar-refractivity contribution in [3.63, 3.8) is 0 Å². The van der Waals surface area contributed by atoms with E-state index >= 15 is 0 Å². The van der Waals surface area contributed by atoms with Gasteiger partial charge < -0.3 is 15.4 Å². The first-order valence-corrected chi connectivity index (χ1v) is 8.39. The Labute approximate surface area is 157 Å². The van der Waals surface area contributed by atoms with Crippen LogP contribution in [0.2, 0.25) is 0 Å². The minimum Gasteiger partial charge on any atom is -0.450 e. The number of nitrogens with one attached hydrogen (secondary N) is 3. The Kier molecular flexibility index (Phi) is 7.99. The predicted molar refractivity (Wildman–Crippen MR) is 97.7 cm³/mol. The zero-order valence-electron chi connectivity index (χ0n) is 11.3. The smallest absolute Gasteiger partial charge is 0.408 e. The summed E-state index contributed by atoms with van der Waals surface area (Å²) in [6, 6.07) is 7.30. The number of hydrogen-bond donors (Lipinski definition) is 3. The SMILES string of the molecule is CCOC(=O)NC(NC(=S)Nc1ccc(Br)cc1)C(Cl)(Cl)Cl. The molecule has 22 heavy (non-hydrogen) atoms. The number of hydrogen-bond acceptors (Lipinski definition) is 3. The predicted octanol–water partition coefficient (Wildman–Crippen LogP) is 4.18. The third kappa shape index (κ3) is 7.19. The molecule has 0 aliphatic heterocycles. The Morgan fingerprint density at radius 1 is 1.32 bits per heavy atom. The van der Waals surface area contributed by atoms with Crippen molar-refractivity contribution in [3.05, 3.63) is 28.7 Å². The maximum absolute atomic E-state index is 11.5. The summed E-state index contributed by atoms with van der Waals surface area (Å²) in [6.45, 7) is 1.86. The van der Waals surface area contributed by atoms with Gasteiger partial charge in [0.05, 0.1) is 6.61 Å². The van der Waals surface area contributed by atoms with Crippen molar-refractivity contribution in [2.24, 2.45) is 0 Å². The van der Waals surface area contributed by atoms with Crippen molar-refractivity contribution < 1.29 is 9.53 Å². The molecule has 122 valence electrons. The lowest BCUT2D eigenvalue weighted by Gasteiger charge is -2.27. The summed E-state index contributed by atoms with van der Waals surface area (Å²) in [7, 11) is 0. The van der Waals surface area contributed by atoms with E-state index in [2.05, 4.69) is 31.9 Å². The maximum Gasteiger partial charge on any atom is 0.408 e. The van der Waals surface area contributed by atoms with Crippen LogP contribution in [0.15, 0.2) is 28.7 Å². The summed E-state index contributed by atoms with van der Waals surface area (Å²) >= 11 is 25.9. The number of rotatable bonds is 4. The summed E-state index contributed by atoms with van der Waals surface area (Å²) in [6.07, 6.45) is -1.79. The van der Waals surface area contributed by atoms with E-state index in [1.54, 1.807) is 19.1 Å². The second-order valence-corrected chi connectivity index (χ2v) is 7.64. The fourth-order valence-corrected chi connectivity index (χ4v) is 2.15. The molecular weight excluding hydrogens is 436 g/mol. The number of carbonyl (C=O) groups excluding carboxylic acids is 1. The zero-order valence-corrected chi connectivity index (χ0v) is 16.0. The van der Waals surface area contributed by atoms with Gasteiger partial charge in [0, 0.05) is 10.2 Å². The normalized spacial score (nSPS) is 12.2. The van der Waals surface area contributed by atoms with Gasteiger partial charge in [0.25, 0.3) is 0 Å². The van der Waals surface area contributed by atoms with Crippen molar-refractivity contribution in [1.82, 2.24) is 10.6 Å². The summed E-state index contributed by atoms with van der Waals surface area (Å²) in [4.78, 5) is 11.5. The van der Waals surface area contributed by atoms with Crippen LogP contribution in [0.3, 0.4) is 0 Å². The standard InChI is InChI=1S/C12H13BrCl3N3O2S/c1-2-21-11(20)19-9(12(14,15)16)18-10(22)17-8-5-3-7(13)4-6-8/h3-6,9H,2H2,1H3,(H,19,20)(H2,17,18,22). The summed E-state index contributed by atoms with van der Waals surface area (Å²) in [5, 5.41) is 8.18. The van der Waals surface area contributed by atoms with E-state index in [1.165, 1.54) is 0 Å². The van der Waals surface area contributed by atoms with Gasteiger partial charge in [-0.05, 0) is 43.4 Å². The molecule has 1 rings (SSSR count). The monoisotopic (exact) mass is 447 g/mol. The molecule has 0 aliphatic carbocycles. The molecule has 10 heteroatoms. The highest BCUT2D eigenvalue weighted by Gasteiger charge is 2.35. The molecule has 1 aromatic rings. The molecule has 1 unspecified atom stereocenters. The molecule has 0 saturated heterocycles. The molecule has 0 spiro atoms. The number of carbonyl (C=O) groups is 1. The van der Waals surface area contributed by atoms with Gasteiger partial charge in [0.15, 0.2) is 11.3 Å². The van der Waals surface area contributed by atoms with Crippen LogP contribution in [0.25, 0.3) is 0 Å². The van der Waals surface area contributed by atoms with E-state index in [-0.39, 0.29) is 11.7 Å². The van der Waals surface area contributed by atoms with Crippen LogP contribution in [0, 0.1) is 0 Å². The number of halogens is 4. The number of amides is 1. The molecule has 0 heterocycles. The lowest BCUT2D eigenvalue weighted by molar-refractivity contribution is 0.147. The summed E-state index contributed by atoms with van der Waals surface area (Å²) < 4.78 is 3.86. The lowest BCUT2D eigenvalue weighted by atomic mass is 10.3. The molecule has 1 atom stereocenters. The third-order valence-corrected chi connectivity index (χ3v) is 3.65. The average Bonchev–Trinajstić information content (AvgIpc) is 2.40.